The molecule has 1 aromatic heterocycles. The Hall–Kier alpha value is -1.65. The topological polar surface area (TPSA) is 68.0 Å². The fourth-order valence-electron chi connectivity index (χ4n) is 2.05. The summed E-state index contributed by atoms with van der Waals surface area (Å²) in [7, 11) is 0. The Morgan fingerprint density at radius 2 is 2.10 bits per heavy atom. The molecule has 0 bridgehead atoms. The minimum atomic E-state index is -0.847. The highest BCUT2D eigenvalue weighted by Gasteiger charge is 2.27. The fourth-order valence-corrected chi connectivity index (χ4v) is 2.05. The van der Waals surface area contributed by atoms with E-state index >= 15 is 0 Å². The number of anilines is 1. The molecule has 1 amide bonds. The molecule has 3 N–H and O–H groups in total. The van der Waals surface area contributed by atoms with Gasteiger partial charge in [-0.2, -0.15) is 0 Å². The van der Waals surface area contributed by atoms with Gasteiger partial charge in [0.15, 0.2) is 0 Å². The zero-order chi connectivity index (χ0) is 13.9. The second-order valence-electron chi connectivity index (χ2n) is 5.04. The molecule has 0 radical (unpaired) electrons. The van der Waals surface area contributed by atoms with Crippen molar-refractivity contribution in [2.75, 3.05) is 5.32 Å². The van der Waals surface area contributed by atoms with E-state index in [4.69, 9.17) is 5.73 Å². The Bertz CT molecular complexity index is 598. The Labute approximate surface area is 125 Å². The molecule has 5 heteroatoms. The molecule has 0 aliphatic rings. The van der Waals surface area contributed by atoms with Gasteiger partial charge in [0.1, 0.15) is 0 Å². The van der Waals surface area contributed by atoms with Crippen LogP contribution >= 0.6 is 12.4 Å². The van der Waals surface area contributed by atoms with Crippen molar-refractivity contribution in [2.45, 2.75) is 32.2 Å². The van der Waals surface area contributed by atoms with E-state index < -0.39 is 5.54 Å². The maximum atomic E-state index is 12.1. The van der Waals surface area contributed by atoms with Gasteiger partial charge in [0.05, 0.1) is 22.9 Å². The number of nitrogens with zero attached hydrogens (tertiary/aromatic N) is 1. The summed E-state index contributed by atoms with van der Waals surface area (Å²) in [5, 5.41) is 3.83. The zero-order valence-corrected chi connectivity index (χ0v) is 12.5. The molecule has 0 aliphatic carbocycles. The summed E-state index contributed by atoms with van der Waals surface area (Å²) >= 11 is 0. The third-order valence-electron chi connectivity index (χ3n) is 3.14. The summed E-state index contributed by atoms with van der Waals surface area (Å²) in [6, 6.07) is 9.69. The first kappa shape index (κ1) is 16.4. The number of carbonyl (C=O) groups is 1. The van der Waals surface area contributed by atoms with Crippen LogP contribution in [0.5, 0.6) is 0 Å². The molecule has 1 atom stereocenters. The monoisotopic (exact) mass is 293 g/mol. The number of aromatic nitrogens is 1. The number of hydrogen-bond acceptors (Lipinski definition) is 3. The minimum Gasteiger partial charge on any atom is -0.323 e. The van der Waals surface area contributed by atoms with Crippen molar-refractivity contribution in [3.05, 3.63) is 36.5 Å². The molecular formula is C15H20ClN3O. The molecule has 1 heterocycles. The second-order valence-corrected chi connectivity index (χ2v) is 5.04. The van der Waals surface area contributed by atoms with E-state index in [9.17, 15) is 4.79 Å². The summed E-state index contributed by atoms with van der Waals surface area (Å²) in [5.41, 5.74) is 6.74. The number of fused-ring (bicyclic) bond motifs is 1. The normalized spacial score (nSPS) is 13.3. The lowest BCUT2D eigenvalue weighted by Gasteiger charge is -2.22. The van der Waals surface area contributed by atoms with Gasteiger partial charge in [-0.05, 0) is 25.5 Å². The number of carbonyl (C=O) groups excluding carboxylic acids is 1. The van der Waals surface area contributed by atoms with Crippen LogP contribution in [0.2, 0.25) is 0 Å². The SMILES string of the molecule is CCCC(C)(N)C(=O)Nc1cnc2ccccc2c1.Cl. The zero-order valence-electron chi connectivity index (χ0n) is 11.7. The van der Waals surface area contributed by atoms with E-state index in [2.05, 4.69) is 10.3 Å². The molecule has 0 aliphatic heterocycles. The highest BCUT2D eigenvalue weighted by Crippen LogP contribution is 2.18. The van der Waals surface area contributed by atoms with Gasteiger partial charge < -0.3 is 11.1 Å². The van der Waals surface area contributed by atoms with Crippen molar-refractivity contribution in [3.63, 3.8) is 0 Å². The van der Waals surface area contributed by atoms with Crippen LogP contribution in [0.1, 0.15) is 26.7 Å². The highest BCUT2D eigenvalue weighted by atomic mass is 35.5. The Kier molecular flexibility index (Phi) is 5.48. The Morgan fingerprint density at radius 1 is 1.40 bits per heavy atom. The highest BCUT2D eigenvalue weighted by molar-refractivity contribution is 5.98. The summed E-state index contributed by atoms with van der Waals surface area (Å²) in [4.78, 5) is 16.4. The van der Waals surface area contributed by atoms with Crippen LogP contribution in [0.4, 0.5) is 5.69 Å². The lowest BCUT2D eigenvalue weighted by atomic mass is 9.96. The summed E-state index contributed by atoms with van der Waals surface area (Å²) in [6.07, 6.45) is 3.18. The second kappa shape index (κ2) is 6.68. The van der Waals surface area contributed by atoms with Crippen LogP contribution in [0.3, 0.4) is 0 Å². The van der Waals surface area contributed by atoms with Gasteiger partial charge in [-0.25, -0.2) is 0 Å². The average molecular weight is 294 g/mol. The average Bonchev–Trinajstić information content (AvgIpc) is 2.38. The minimum absolute atomic E-state index is 0. The van der Waals surface area contributed by atoms with E-state index in [0.717, 1.165) is 17.3 Å². The van der Waals surface area contributed by atoms with Gasteiger partial charge in [-0.3, -0.25) is 9.78 Å². The third-order valence-corrected chi connectivity index (χ3v) is 3.14. The van der Waals surface area contributed by atoms with Crippen molar-refractivity contribution in [1.29, 1.82) is 0 Å². The van der Waals surface area contributed by atoms with Crippen LogP contribution < -0.4 is 11.1 Å². The predicted molar refractivity (Wildman–Crippen MR) is 85.1 cm³/mol. The Morgan fingerprint density at radius 3 is 2.80 bits per heavy atom. The van der Waals surface area contributed by atoms with Gasteiger partial charge in [0.2, 0.25) is 5.91 Å². The van der Waals surface area contributed by atoms with Gasteiger partial charge in [0.25, 0.3) is 0 Å². The molecule has 0 saturated heterocycles. The molecule has 2 aromatic rings. The van der Waals surface area contributed by atoms with Crippen LogP contribution in [0.15, 0.2) is 36.5 Å². The van der Waals surface area contributed by atoms with Crippen molar-refractivity contribution in [2.24, 2.45) is 5.73 Å². The molecule has 0 saturated carbocycles. The molecule has 2 rings (SSSR count). The lowest BCUT2D eigenvalue weighted by molar-refractivity contribution is -0.120. The van der Waals surface area contributed by atoms with Crippen molar-refractivity contribution < 1.29 is 4.79 Å². The number of pyridine rings is 1. The molecule has 1 aromatic carbocycles. The maximum Gasteiger partial charge on any atom is 0.244 e. The molecule has 4 nitrogen and oxygen atoms in total. The van der Waals surface area contributed by atoms with Crippen molar-refractivity contribution >= 4 is 34.9 Å². The van der Waals surface area contributed by atoms with Crippen molar-refractivity contribution in [1.82, 2.24) is 4.98 Å². The maximum absolute atomic E-state index is 12.1. The lowest BCUT2D eigenvalue weighted by Crippen LogP contribution is -2.48. The van der Waals surface area contributed by atoms with E-state index in [1.165, 1.54) is 0 Å². The number of amides is 1. The van der Waals surface area contributed by atoms with E-state index in [1.807, 2.05) is 37.3 Å². The molecule has 108 valence electrons. The molecule has 0 spiro atoms. The van der Waals surface area contributed by atoms with Gasteiger partial charge in [0, 0.05) is 5.39 Å². The van der Waals surface area contributed by atoms with E-state index in [0.29, 0.717) is 12.1 Å². The van der Waals surface area contributed by atoms with Gasteiger partial charge >= 0.3 is 0 Å². The van der Waals surface area contributed by atoms with Crippen LogP contribution in [0, 0.1) is 0 Å². The first-order valence-corrected chi connectivity index (χ1v) is 6.48. The quantitative estimate of drug-likeness (QED) is 0.910. The molecule has 20 heavy (non-hydrogen) atoms. The van der Waals surface area contributed by atoms with E-state index in [-0.39, 0.29) is 18.3 Å². The summed E-state index contributed by atoms with van der Waals surface area (Å²) < 4.78 is 0. The first-order valence-electron chi connectivity index (χ1n) is 6.48. The first-order chi connectivity index (χ1) is 9.03. The predicted octanol–water partition coefficient (Wildman–Crippen LogP) is 3.11. The van der Waals surface area contributed by atoms with E-state index in [1.54, 1.807) is 13.1 Å². The number of halogens is 1. The molecule has 0 fully saturated rings. The number of benzene rings is 1. The third kappa shape index (κ3) is 3.68. The Balaban J connectivity index is 0.00000200. The number of para-hydroxylation sites is 1. The smallest absolute Gasteiger partial charge is 0.244 e. The van der Waals surface area contributed by atoms with Gasteiger partial charge in [-0.15, -0.1) is 12.4 Å². The largest absolute Gasteiger partial charge is 0.323 e. The van der Waals surface area contributed by atoms with Crippen molar-refractivity contribution in [3.8, 4) is 0 Å². The number of nitrogens with one attached hydrogen (secondary N) is 1. The van der Waals surface area contributed by atoms with Gasteiger partial charge in [-0.1, -0.05) is 31.5 Å². The summed E-state index contributed by atoms with van der Waals surface area (Å²) in [6.45, 7) is 3.76. The van der Waals surface area contributed by atoms with Crippen LogP contribution in [-0.4, -0.2) is 16.4 Å². The standard InChI is InChI=1S/C15H19N3O.ClH/c1-3-8-15(2,16)14(19)18-12-9-11-6-4-5-7-13(11)17-10-12;/h4-7,9-10H,3,8,16H2,1-2H3,(H,18,19);1H. The summed E-state index contributed by atoms with van der Waals surface area (Å²) in [5.74, 6) is -0.175. The number of nitrogens with two attached hydrogens (primary N) is 1. The number of rotatable bonds is 4. The fraction of sp³-hybridized carbons (Fsp3) is 0.333. The van der Waals surface area contributed by atoms with Crippen LogP contribution in [0.25, 0.3) is 10.9 Å². The number of hydrogen-bond donors (Lipinski definition) is 2. The molecule has 1 unspecified atom stereocenters. The van der Waals surface area contributed by atoms with Crippen LogP contribution in [-0.2, 0) is 4.79 Å². The molecular weight excluding hydrogens is 274 g/mol.